The van der Waals surface area contributed by atoms with Crippen molar-refractivity contribution in [3.05, 3.63) is 36.2 Å². The van der Waals surface area contributed by atoms with Crippen LogP contribution in [0.2, 0.25) is 0 Å². The number of anilines is 1. The standard InChI is InChI=1S/C23H27FN6O/c1-22(2)12-18(20(24)23(3,4)29-22)30-8-5-13-9-15(27-28-21(13)30)14-10-16-17(11-19(14)31)26-7-6-25-16/h6-7,9-11,18,20,29,31H,5,8,12H2,1-4H3/t18-,20-/m0/s1. The molecular formula is C23H27FN6O. The van der Waals surface area contributed by atoms with E-state index in [4.69, 9.17) is 0 Å². The molecule has 162 valence electrons. The molecule has 0 aliphatic carbocycles. The number of rotatable bonds is 2. The van der Waals surface area contributed by atoms with Crippen molar-refractivity contribution in [1.82, 2.24) is 25.5 Å². The minimum atomic E-state index is -1.03. The van der Waals surface area contributed by atoms with Crippen LogP contribution in [0, 0.1) is 0 Å². The van der Waals surface area contributed by atoms with Gasteiger partial charge < -0.3 is 15.3 Å². The lowest BCUT2D eigenvalue weighted by Gasteiger charge is -2.51. The Kier molecular flexibility index (Phi) is 4.41. The van der Waals surface area contributed by atoms with Gasteiger partial charge in [-0.3, -0.25) is 9.97 Å². The maximum atomic E-state index is 15.5. The van der Waals surface area contributed by atoms with E-state index in [2.05, 4.69) is 44.2 Å². The lowest BCUT2D eigenvalue weighted by atomic mass is 9.77. The molecule has 5 rings (SSSR count). The summed E-state index contributed by atoms with van der Waals surface area (Å²) in [6, 6.07) is 5.05. The minimum Gasteiger partial charge on any atom is -0.507 e. The van der Waals surface area contributed by atoms with Gasteiger partial charge in [0.25, 0.3) is 0 Å². The van der Waals surface area contributed by atoms with E-state index >= 15 is 4.39 Å². The van der Waals surface area contributed by atoms with Crippen LogP contribution in [0.15, 0.2) is 30.6 Å². The Morgan fingerprint density at radius 3 is 2.52 bits per heavy atom. The van der Waals surface area contributed by atoms with Crippen LogP contribution in [-0.2, 0) is 6.42 Å². The number of hydrogen-bond acceptors (Lipinski definition) is 7. The second-order valence-corrected chi connectivity index (χ2v) is 9.84. The molecule has 8 heteroatoms. The maximum Gasteiger partial charge on any atom is 0.154 e. The van der Waals surface area contributed by atoms with E-state index in [1.54, 1.807) is 24.5 Å². The summed E-state index contributed by atoms with van der Waals surface area (Å²) in [5.74, 6) is 0.827. The highest BCUT2D eigenvalue weighted by atomic mass is 19.1. The van der Waals surface area contributed by atoms with Gasteiger partial charge in [-0.2, -0.15) is 0 Å². The van der Waals surface area contributed by atoms with E-state index < -0.39 is 11.7 Å². The third-order valence-electron chi connectivity index (χ3n) is 6.42. The molecule has 0 radical (unpaired) electrons. The van der Waals surface area contributed by atoms with E-state index in [1.807, 2.05) is 19.9 Å². The van der Waals surface area contributed by atoms with Crippen molar-refractivity contribution in [3.63, 3.8) is 0 Å². The molecule has 1 aromatic carbocycles. The highest BCUT2D eigenvalue weighted by molar-refractivity contribution is 5.84. The first kappa shape index (κ1) is 20.1. The van der Waals surface area contributed by atoms with Crippen molar-refractivity contribution in [1.29, 1.82) is 0 Å². The molecule has 1 fully saturated rings. The molecule has 0 unspecified atom stereocenters. The van der Waals surface area contributed by atoms with Gasteiger partial charge in [-0.1, -0.05) is 0 Å². The van der Waals surface area contributed by atoms with Gasteiger partial charge >= 0.3 is 0 Å². The van der Waals surface area contributed by atoms with E-state index in [-0.39, 0.29) is 17.3 Å². The van der Waals surface area contributed by atoms with Crippen LogP contribution >= 0.6 is 0 Å². The molecule has 4 heterocycles. The number of benzene rings is 1. The summed E-state index contributed by atoms with van der Waals surface area (Å²) in [6.45, 7) is 8.78. The van der Waals surface area contributed by atoms with Crippen LogP contribution < -0.4 is 10.2 Å². The highest BCUT2D eigenvalue weighted by Gasteiger charge is 2.49. The lowest BCUT2D eigenvalue weighted by molar-refractivity contribution is 0.0555. The van der Waals surface area contributed by atoms with E-state index in [1.165, 1.54) is 0 Å². The number of piperidine rings is 1. The first-order chi connectivity index (χ1) is 14.6. The van der Waals surface area contributed by atoms with Crippen molar-refractivity contribution in [2.45, 2.75) is 63.8 Å². The summed E-state index contributed by atoms with van der Waals surface area (Å²) in [4.78, 5) is 10.6. The predicted octanol–water partition coefficient (Wildman–Crippen LogP) is 3.41. The largest absolute Gasteiger partial charge is 0.507 e. The Morgan fingerprint density at radius 2 is 1.77 bits per heavy atom. The fraction of sp³-hybridized carbons (Fsp3) is 0.478. The van der Waals surface area contributed by atoms with Gasteiger partial charge in [-0.15, -0.1) is 10.2 Å². The first-order valence-corrected chi connectivity index (χ1v) is 10.7. The molecule has 2 aliphatic heterocycles. The molecule has 31 heavy (non-hydrogen) atoms. The van der Waals surface area contributed by atoms with Crippen LogP contribution in [0.5, 0.6) is 5.75 Å². The van der Waals surface area contributed by atoms with E-state index in [9.17, 15) is 5.11 Å². The molecule has 0 spiro atoms. The van der Waals surface area contributed by atoms with Crippen molar-refractivity contribution >= 4 is 16.9 Å². The summed E-state index contributed by atoms with van der Waals surface area (Å²) in [5, 5.41) is 22.8. The molecule has 3 aromatic rings. The average Bonchev–Trinajstić information content (AvgIpc) is 3.12. The van der Waals surface area contributed by atoms with Crippen molar-refractivity contribution in [2.75, 3.05) is 11.4 Å². The number of hydrogen-bond donors (Lipinski definition) is 2. The molecule has 0 amide bonds. The molecular weight excluding hydrogens is 395 g/mol. The second kappa shape index (κ2) is 6.82. The molecule has 1 saturated heterocycles. The third kappa shape index (κ3) is 3.39. The summed E-state index contributed by atoms with van der Waals surface area (Å²) in [7, 11) is 0. The van der Waals surface area contributed by atoms with Crippen molar-refractivity contribution in [3.8, 4) is 17.0 Å². The number of aromatic hydroxyl groups is 1. The molecule has 2 aromatic heterocycles. The molecule has 7 nitrogen and oxygen atoms in total. The van der Waals surface area contributed by atoms with Gasteiger partial charge in [0.2, 0.25) is 0 Å². The van der Waals surface area contributed by atoms with Gasteiger partial charge in [0.15, 0.2) is 5.82 Å². The highest BCUT2D eigenvalue weighted by Crippen LogP contribution is 2.40. The van der Waals surface area contributed by atoms with E-state index in [0.717, 1.165) is 17.8 Å². The number of alkyl halides is 1. The minimum absolute atomic E-state index is 0.0859. The zero-order valence-corrected chi connectivity index (χ0v) is 18.2. The molecule has 0 bridgehead atoms. The van der Waals surface area contributed by atoms with Crippen LogP contribution in [0.3, 0.4) is 0 Å². The van der Waals surface area contributed by atoms with Crippen LogP contribution in [0.1, 0.15) is 39.7 Å². The fourth-order valence-corrected chi connectivity index (χ4v) is 5.22. The quantitative estimate of drug-likeness (QED) is 0.654. The van der Waals surface area contributed by atoms with Crippen LogP contribution in [0.4, 0.5) is 10.2 Å². The summed E-state index contributed by atoms with van der Waals surface area (Å²) in [5.41, 5.74) is 2.66. The predicted molar refractivity (Wildman–Crippen MR) is 118 cm³/mol. The maximum absolute atomic E-state index is 15.5. The number of nitrogens with one attached hydrogen (secondary N) is 1. The number of fused-ring (bicyclic) bond motifs is 2. The zero-order chi connectivity index (χ0) is 22.0. The average molecular weight is 423 g/mol. The topological polar surface area (TPSA) is 87.1 Å². The van der Waals surface area contributed by atoms with Crippen LogP contribution in [-0.4, -0.2) is 55.1 Å². The summed E-state index contributed by atoms with van der Waals surface area (Å²) < 4.78 is 15.5. The normalized spacial score (nSPS) is 24.4. The zero-order valence-electron chi connectivity index (χ0n) is 18.2. The fourth-order valence-electron chi connectivity index (χ4n) is 5.22. The Balaban J connectivity index is 1.50. The van der Waals surface area contributed by atoms with E-state index in [0.29, 0.717) is 35.3 Å². The van der Waals surface area contributed by atoms with Gasteiger partial charge in [0.1, 0.15) is 11.9 Å². The van der Waals surface area contributed by atoms with Crippen molar-refractivity contribution in [2.24, 2.45) is 0 Å². The van der Waals surface area contributed by atoms with Crippen LogP contribution in [0.25, 0.3) is 22.3 Å². The Hall–Kier alpha value is -2.87. The number of phenols is 1. The number of aromatic nitrogens is 4. The number of phenolic OH excluding ortho intramolecular Hbond substituents is 1. The van der Waals surface area contributed by atoms with Gasteiger partial charge in [0, 0.05) is 47.2 Å². The summed E-state index contributed by atoms with van der Waals surface area (Å²) in [6.07, 6.45) is 3.63. The molecule has 2 aliphatic rings. The Bertz CT molecular complexity index is 1160. The number of nitrogens with zero attached hydrogens (tertiary/aromatic N) is 5. The molecule has 2 atom stereocenters. The monoisotopic (exact) mass is 422 g/mol. The summed E-state index contributed by atoms with van der Waals surface area (Å²) >= 11 is 0. The number of halogens is 1. The first-order valence-electron chi connectivity index (χ1n) is 10.7. The SMILES string of the molecule is CC1(C)C[C@H](N2CCc3cc(-c4cc5nccnc5cc4O)nnc32)[C@H](F)C(C)(C)N1. The van der Waals surface area contributed by atoms with Gasteiger partial charge in [0.05, 0.1) is 22.8 Å². The van der Waals surface area contributed by atoms with Crippen molar-refractivity contribution < 1.29 is 9.50 Å². The third-order valence-corrected chi connectivity index (χ3v) is 6.42. The second-order valence-electron chi connectivity index (χ2n) is 9.84. The molecule has 0 saturated carbocycles. The smallest absolute Gasteiger partial charge is 0.154 e. The molecule has 2 N–H and O–H groups in total. The Labute approximate surface area is 180 Å². The van der Waals surface area contributed by atoms with Gasteiger partial charge in [-0.05, 0) is 52.7 Å². The Morgan fingerprint density at radius 1 is 1.06 bits per heavy atom. The van der Waals surface area contributed by atoms with Gasteiger partial charge in [-0.25, -0.2) is 4.39 Å². The lowest BCUT2D eigenvalue weighted by Crippen LogP contribution is -2.69.